The Morgan fingerprint density at radius 1 is 1.02 bits per heavy atom. The maximum absolute atomic E-state index is 13.4. The van der Waals surface area contributed by atoms with Gasteiger partial charge in [0.05, 0.1) is 26.9 Å². The summed E-state index contributed by atoms with van der Waals surface area (Å²) in [5.41, 5.74) is -0.103. The van der Waals surface area contributed by atoms with Crippen LogP contribution in [0.1, 0.15) is 32.0 Å². The van der Waals surface area contributed by atoms with E-state index in [9.17, 15) is 22.8 Å². The fraction of sp³-hybridized carbons (Fsp3) is 0.160. The predicted molar refractivity (Wildman–Crippen MR) is 153 cm³/mol. The predicted octanol–water partition coefficient (Wildman–Crippen LogP) is 6.81. The van der Waals surface area contributed by atoms with Crippen LogP contribution >= 0.6 is 50.7 Å². The first kappa shape index (κ1) is 30.6. The van der Waals surface area contributed by atoms with Gasteiger partial charge in [0, 0.05) is 36.6 Å². The Morgan fingerprint density at radius 2 is 1.78 bits per heavy atom. The molecule has 0 fully saturated rings. The molecule has 41 heavy (non-hydrogen) atoms. The smallest absolute Gasteiger partial charge is 0.367 e. The second-order valence-electron chi connectivity index (χ2n) is 8.41. The molecule has 0 saturated carbocycles. The summed E-state index contributed by atoms with van der Waals surface area (Å²) in [6.07, 6.45) is -2.42. The lowest BCUT2D eigenvalue weighted by Gasteiger charge is -2.16. The average Bonchev–Trinajstić information content (AvgIpc) is 3.29. The summed E-state index contributed by atoms with van der Waals surface area (Å²) in [5.74, 6) is -0.919. The molecule has 214 valence electrons. The molecule has 0 atom stereocenters. The summed E-state index contributed by atoms with van der Waals surface area (Å²) in [5, 5.41) is 12.7. The van der Waals surface area contributed by atoms with Crippen LogP contribution in [0.2, 0.25) is 15.1 Å². The zero-order valence-electron chi connectivity index (χ0n) is 20.8. The first-order valence-electron chi connectivity index (χ1n) is 11.6. The van der Waals surface area contributed by atoms with Crippen molar-refractivity contribution in [2.45, 2.75) is 13.1 Å². The first-order valence-corrected chi connectivity index (χ1v) is 13.5. The molecule has 0 spiro atoms. The molecular formula is C25H18BrCl3F3N7O2. The van der Waals surface area contributed by atoms with E-state index in [1.165, 1.54) is 23.0 Å². The fourth-order valence-electron chi connectivity index (χ4n) is 3.65. The van der Waals surface area contributed by atoms with Crippen LogP contribution in [0.4, 0.5) is 24.7 Å². The van der Waals surface area contributed by atoms with Gasteiger partial charge in [0.25, 0.3) is 11.8 Å². The minimum absolute atomic E-state index is 0.0243. The lowest BCUT2D eigenvalue weighted by molar-refractivity contribution is -0.137. The van der Waals surface area contributed by atoms with E-state index in [1.807, 2.05) is 0 Å². The van der Waals surface area contributed by atoms with Crippen molar-refractivity contribution in [3.8, 4) is 5.82 Å². The molecule has 4 rings (SSSR count). The Labute approximate surface area is 254 Å². The number of anilines is 2. The Kier molecular flexibility index (Phi) is 9.42. The third-order valence-corrected chi connectivity index (χ3v) is 6.70. The summed E-state index contributed by atoms with van der Waals surface area (Å²) in [7, 11) is 0. The van der Waals surface area contributed by atoms with Gasteiger partial charge in [-0.15, -0.1) is 0 Å². The molecule has 4 aromatic rings. The van der Waals surface area contributed by atoms with Gasteiger partial charge in [0.2, 0.25) is 0 Å². The molecule has 0 bridgehead atoms. The van der Waals surface area contributed by atoms with E-state index < -0.39 is 23.6 Å². The van der Waals surface area contributed by atoms with Gasteiger partial charge in [-0.2, -0.15) is 18.3 Å². The molecule has 16 heteroatoms. The SMILES string of the molecule is Cc1cc(Cl)cc(C(=O)NCCNc2ncc(C(F)(F)F)cc2Cl)c1NC(=O)c1cc(Br)nn1-c1ncccc1Cl. The molecule has 0 aliphatic carbocycles. The highest BCUT2D eigenvalue weighted by atomic mass is 79.9. The summed E-state index contributed by atoms with van der Waals surface area (Å²) < 4.78 is 40.1. The second kappa shape index (κ2) is 12.6. The largest absolute Gasteiger partial charge is 0.417 e. The van der Waals surface area contributed by atoms with Crippen molar-refractivity contribution in [1.29, 1.82) is 0 Å². The van der Waals surface area contributed by atoms with E-state index in [-0.39, 0.29) is 56.7 Å². The van der Waals surface area contributed by atoms with Crippen LogP contribution in [0, 0.1) is 6.92 Å². The van der Waals surface area contributed by atoms with Crippen LogP contribution in [-0.2, 0) is 6.18 Å². The number of hydrogen-bond donors (Lipinski definition) is 3. The van der Waals surface area contributed by atoms with E-state index in [1.54, 1.807) is 25.1 Å². The quantitative estimate of drug-likeness (QED) is 0.175. The number of nitrogens with zero attached hydrogens (tertiary/aromatic N) is 4. The molecule has 0 radical (unpaired) electrons. The molecule has 3 aromatic heterocycles. The van der Waals surface area contributed by atoms with E-state index in [0.29, 0.717) is 16.4 Å². The lowest BCUT2D eigenvalue weighted by atomic mass is 10.1. The van der Waals surface area contributed by atoms with Gasteiger partial charge in [-0.1, -0.05) is 34.8 Å². The summed E-state index contributed by atoms with van der Waals surface area (Å²) in [6, 6.07) is 8.43. The summed E-state index contributed by atoms with van der Waals surface area (Å²) in [6.45, 7) is 1.79. The third-order valence-electron chi connectivity index (χ3n) is 5.51. The zero-order valence-corrected chi connectivity index (χ0v) is 24.6. The Bertz CT molecular complexity index is 1630. The molecule has 0 saturated heterocycles. The molecule has 3 heterocycles. The number of aryl methyl sites for hydroxylation is 1. The number of halogens is 7. The fourth-order valence-corrected chi connectivity index (χ4v) is 4.73. The molecule has 0 aliphatic rings. The second-order valence-corrected chi connectivity index (χ2v) is 10.5. The van der Waals surface area contributed by atoms with E-state index in [4.69, 9.17) is 34.8 Å². The number of hydrogen-bond acceptors (Lipinski definition) is 6. The number of benzene rings is 1. The molecule has 0 unspecified atom stereocenters. The van der Waals surface area contributed by atoms with Crippen molar-refractivity contribution >= 4 is 74.1 Å². The van der Waals surface area contributed by atoms with Crippen LogP contribution in [0.5, 0.6) is 0 Å². The Balaban J connectivity index is 1.48. The van der Waals surface area contributed by atoms with Gasteiger partial charge in [-0.3, -0.25) is 9.59 Å². The molecule has 2 amide bonds. The number of rotatable bonds is 8. The Morgan fingerprint density at radius 3 is 2.46 bits per heavy atom. The van der Waals surface area contributed by atoms with Gasteiger partial charge in [0.15, 0.2) is 5.82 Å². The van der Waals surface area contributed by atoms with Gasteiger partial charge in [0.1, 0.15) is 16.1 Å². The topological polar surface area (TPSA) is 114 Å². The first-order chi connectivity index (χ1) is 19.3. The highest BCUT2D eigenvalue weighted by molar-refractivity contribution is 9.10. The zero-order chi connectivity index (χ0) is 29.9. The van der Waals surface area contributed by atoms with Gasteiger partial charge in [-0.05, 0) is 58.7 Å². The number of amides is 2. The van der Waals surface area contributed by atoms with E-state index in [0.717, 1.165) is 6.07 Å². The standard InChI is InChI=1S/C25H18BrCl3F3N7O2/c1-12-7-14(27)9-15(23(40)35-6-5-33-21-17(29)8-13(11-36-21)25(30,31)32)20(12)37-24(41)18-10-19(26)38-39(18)22-16(28)3-2-4-34-22/h2-4,7-11H,5-6H2,1H3,(H,33,36)(H,35,40)(H,37,41). The van der Waals surface area contributed by atoms with Crippen LogP contribution < -0.4 is 16.0 Å². The van der Waals surface area contributed by atoms with Crippen LogP contribution in [-0.4, -0.2) is 44.7 Å². The molecular weight excluding hydrogens is 674 g/mol. The maximum atomic E-state index is 13.4. The van der Waals surface area contributed by atoms with Gasteiger partial charge < -0.3 is 16.0 Å². The van der Waals surface area contributed by atoms with Gasteiger partial charge >= 0.3 is 6.18 Å². The molecule has 9 nitrogen and oxygen atoms in total. The van der Waals surface area contributed by atoms with Crippen molar-refractivity contribution in [2.24, 2.45) is 0 Å². The van der Waals surface area contributed by atoms with Gasteiger partial charge in [-0.25, -0.2) is 14.6 Å². The number of pyridine rings is 2. The summed E-state index contributed by atoms with van der Waals surface area (Å²) in [4.78, 5) is 34.3. The minimum atomic E-state index is -4.58. The van der Waals surface area contributed by atoms with Crippen LogP contribution in [0.15, 0.2) is 53.4 Å². The van der Waals surface area contributed by atoms with E-state index >= 15 is 0 Å². The minimum Gasteiger partial charge on any atom is -0.367 e. The number of nitrogens with one attached hydrogen (secondary N) is 3. The maximum Gasteiger partial charge on any atom is 0.417 e. The van der Waals surface area contributed by atoms with Crippen molar-refractivity contribution in [3.05, 3.63) is 90.8 Å². The number of aromatic nitrogens is 4. The number of carbonyl (C=O) groups excluding carboxylic acids is 2. The number of alkyl halides is 3. The normalized spacial score (nSPS) is 11.3. The average molecular weight is 692 g/mol. The summed E-state index contributed by atoms with van der Waals surface area (Å²) >= 11 is 21.6. The van der Waals surface area contributed by atoms with Crippen molar-refractivity contribution < 1.29 is 22.8 Å². The lowest BCUT2D eigenvalue weighted by Crippen LogP contribution is -2.30. The van der Waals surface area contributed by atoms with Crippen LogP contribution in [0.25, 0.3) is 5.82 Å². The van der Waals surface area contributed by atoms with Crippen LogP contribution in [0.3, 0.4) is 0 Å². The van der Waals surface area contributed by atoms with Crippen molar-refractivity contribution in [3.63, 3.8) is 0 Å². The highest BCUT2D eigenvalue weighted by Gasteiger charge is 2.31. The third kappa shape index (κ3) is 7.28. The Hall–Kier alpha value is -3.39. The molecule has 1 aromatic carbocycles. The van der Waals surface area contributed by atoms with Crippen molar-refractivity contribution in [1.82, 2.24) is 25.1 Å². The van der Waals surface area contributed by atoms with Crippen molar-refractivity contribution in [2.75, 3.05) is 23.7 Å². The molecule has 3 N–H and O–H groups in total. The van der Waals surface area contributed by atoms with E-state index in [2.05, 4.69) is 46.9 Å². The highest BCUT2D eigenvalue weighted by Crippen LogP contribution is 2.32. The monoisotopic (exact) mass is 689 g/mol. The molecule has 0 aliphatic heterocycles. The number of carbonyl (C=O) groups is 2.